The van der Waals surface area contributed by atoms with E-state index in [4.69, 9.17) is 0 Å². The Morgan fingerprint density at radius 3 is 2.95 bits per heavy atom. The van der Waals surface area contributed by atoms with Crippen molar-refractivity contribution >= 4 is 38.6 Å². The lowest BCUT2D eigenvalue weighted by Crippen LogP contribution is -2.19. The van der Waals surface area contributed by atoms with E-state index in [2.05, 4.69) is 25.3 Å². The monoisotopic (exact) mass is 317 g/mol. The number of nitrogens with one attached hydrogen (secondary N) is 1. The molecule has 1 amide bonds. The summed E-state index contributed by atoms with van der Waals surface area (Å²) in [7, 11) is 1.25. The van der Waals surface area contributed by atoms with E-state index in [0.29, 0.717) is 5.13 Å². The minimum Gasteiger partial charge on any atom is -0.464 e. The van der Waals surface area contributed by atoms with Crippen molar-refractivity contribution in [2.75, 3.05) is 12.4 Å². The van der Waals surface area contributed by atoms with E-state index < -0.39 is 5.97 Å². The highest BCUT2D eigenvalue weighted by molar-refractivity contribution is 7.22. The van der Waals surface area contributed by atoms with Gasteiger partial charge in [-0.2, -0.15) is 0 Å². The molecule has 2 heterocycles. The third-order valence-electron chi connectivity index (χ3n) is 2.78. The maximum absolute atomic E-state index is 12.0. The second-order valence-electron chi connectivity index (χ2n) is 4.33. The van der Waals surface area contributed by atoms with Crippen molar-refractivity contribution in [3.8, 4) is 0 Å². The summed E-state index contributed by atoms with van der Waals surface area (Å²) < 4.78 is 6.77. The fourth-order valence-corrected chi connectivity index (χ4v) is 2.69. The molecule has 0 aliphatic carbocycles. The molecule has 1 aromatic carbocycles. The molecule has 0 fully saturated rings. The average Bonchev–Trinajstić information content (AvgIpc) is 3.12. The maximum Gasteiger partial charge on any atom is 0.360 e. The van der Waals surface area contributed by atoms with Gasteiger partial charge in [-0.15, -0.1) is 5.10 Å². The number of esters is 1. The number of methoxy groups -OCH3 is 1. The van der Waals surface area contributed by atoms with E-state index in [-0.39, 0.29) is 18.1 Å². The predicted molar refractivity (Wildman–Crippen MR) is 79.6 cm³/mol. The number of carbonyl (C=O) groups excluding carboxylic acids is 2. The van der Waals surface area contributed by atoms with Crippen LogP contribution in [-0.2, 0) is 16.1 Å². The van der Waals surface area contributed by atoms with Gasteiger partial charge in [-0.3, -0.25) is 4.79 Å². The van der Waals surface area contributed by atoms with Gasteiger partial charge in [0.25, 0.3) is 0 Å². The van der Waals surface area contributed by atoms with Crippen LogP contribution >= 0.6 is 11.3 Å². The Labute approximate surface area is 128 Å². The number of fused-ring (bicyclic) bond motifs is 1. The van der Waals surface area contributed by atoms with Gasteiger partial charge in [0, 0.05) is 0 Å². The third kappa shape index (κ3) is 2.93. The number of amides is 1. The smallest absolute Gasteiger partial charge is 0.360 e. The molecule has 8 nitrogen and oxygen atoms in total. The SMILES string of the molecule is COC(=O)c1cn(CC(=O)Nc2nc3ccccc3s2)nn1. The lowest BCUT2D eigenvalue weighted by atomic mass is 10.3. The Bertz CT molecular complexity index is 808. The lowest BCUT2D eigenvalue weighted by Gasteiger charge is -2.00. The zero-order chi connectivity index (χ0) is 15.5. The Morgan fingerprint density at radius 2 is 2.18 bits per heavy atom. The molecule has 0 atom stereocenters. The van der Waals surface area contributed by atoms with Crippen LogP contribution in [0.25, 0.3) is 10.2 Å². The minimum absolute atomic E-state index is 0.0512. The van der Waals surface area contributed by atoms with Crippen LogP contribution in [0, 0.1) is 0 Å². The lowest BCUT2D eigenvalue weighted by molar-refractivity contribution is -0.116. The number of hydrogen-bond acceptors (Lipinski definition) is 7. The molecule has 3 rings (SSSR count). The summed E-state index contributed by atoms with van der Waals surface area (Å²) in [6, 6.07) is 7.61. The first-order valence-corrected chi connectivity index (χ1v) is 7.11. The third-order valence-corrected chi connectivity index (χ3v) is 3.73. The van der Waals surface area contributed by atoms with Gasteiger partial charge < -0.3 is 10.1 Å². The van der Waals surface area contributed by atoms with Crippen LogP contribution in [0.5, 0.6) is 0 Å². The summed E-state index contributed by atoms with van der Waals surface area (Å²) in [5, 5.41) is 10.5. The molecular formula is C13H11N5O3S. The molecule has 0 bridgehead atoms. The summed E-state index contributed by atoms with van der Waals surface area (Å²) in [5.41, 5.74) is 0.881. The standard InChI is InChI=1S/C13H11N5O3S/c1-21-12(20)9-6-18(17-16-9)7-11(19)15-13-14-8-4-2-3-5-10(8)22-13/h2-6H,7H2,1H3,(H,14,15,19). The molecule has 0 saturated heterocycles. The molecule has 0 aliphatic rings. The van der Waals surface area contributed by atoms with E-state index >= 15 is 0 Å². The number of rotatable bonds is 4. The highest BCUT2D eigenvalue weighted by Crippen LogP contribution is 2.25. The first-order valence-electron chi connectivity index (χ1n) is 6.29. The van der Waals surface area contributed by atoms with Crippen molar-refractivity contribution in [1.82, 2.24) is 20.0 Å². The van der Waals surface area contributed by atoms with Gasteiger partial charge in [0.15, 0.2) is 10.8 Å². The highest BCUT2D eigenvalue weighted by Gasteiger charge is 2.13. The van der Waals surface area contributed by atoms with E-state index in [1.807, 2.05) is 24.3 Å². The summed E-state index contributed by atoms with van der Waals surface area (Å²) in [5.74, 6) is -0.904. The molecule has 0 aliphatic heterocycles. The number of nitrogens with zero attached hydrogens (tertiary/aromatic N) is 4. The van der Waals surface area contributed by atoms with Crippen molar-refractivity contribution in [1.29, 1.82) is 0 Å². The van der Waals surface area contributed by atoms with Gasteiger partial charge in [0.2, 0.25) is 5.91 Å². The van der Waals surface area contributed by atoms with E-state index in [1.54, 1.807) is 0 Å². The number of thiazole rings is 1. The van der Waals surface area contributed by atoms with Crippen LogP contribution in [0.1, 0.15) is 10.5 Å². The highest BCUT2D eigenvalue weighted by atomic mass is 32.1. The van der Waals surface area contributed by atoms with E-state index in [0.717, 1.165) is 10.2 Å². The summed E-state index contributed by atoms with van der Waals surface area (Å²) in [6.07, 6.45) is 1.35. The van der Waals surface area contributed by atoms with Crippen molar-refractivity contribution in [2.24, 2.45) is 0 Å². The number of carbonyl (C=O) groups is 2. The van der Waals surface area contributed by atoms with Crippen LogP contribution in [0.15, 0.2) is 30.5 Å². The topological polar surface area (TPSA) is 99.0 Å². The number of aromatic nitrogens is 4. The van der Waals surface area contributed by atoms with Crippen LogP contribution in [-0.4, -0.2) is 39.0 Å². The van der Waals surface area contributed by atoms with Gasteiger partial charge >= 0.3 is 5.97 Å². The molecule has 3 aromatic rings. The maximum atomic E-state index is 12.0. The summed E-state index contributed by atoms with van der Waals surface area (Å²) >= 11 is 1.39. The molecular weight excluding hydrogens is 306 g/mol. The van der Waals surface area contributed by atoms with Crippen molar-refractivity contribution in [3.05, 3.63) is 36.2 Å². The zero-order valence-corrected chi connectivity index (χ0v) is 12.3. The van der Waals surface area contributed by atoms with E-state index in [1.165, 1.54) is 29.3 Å². The summed E-state index contributed by atoms with van der Waals surface area (Å²) in [4.78, 5) is 27.5. The van der Waals surface area contributed by atoms with Gasteiger partial charge in [0.05, 0.1) is 23.5 Å². The first kappa shape index (κ1) is 14.1. The van der Waals surface area contributed by atoms with Crippen molar-refractivity contribution in [3.63, 3.8) is 0 Å². The van der Waals surface area contributed by atoms with E-state index in [9.17, 15) is 9.59 Å². The van der Waals surface area contributed by atoms with Gasteiger partial charge in [-0.05, 0) is 12.1 Å². The number of para-hydroxylation sites is 1. The quantitative estimate of drug-likeness (QED) is 0.728. The molecule has 0 radical (unpaired) electrons. The molecule has 9 heteroatoms. The summed E-state index contributed by atoms with van der Waals surface area (Å²) in [6.45, 7) is -0.0695. The van der Waals surface area contributed by atoms with Crippen molar-refractivity contribution in [2.45, 2.75) is 6.54 Å². The number of hydrogen-bond donors (Lipinski definition) is 1. The second-order valence-corrected chi connectivity index (χ2v) is 5.36. The van der Waals surface area contributed by atoms with Crippen LogP contribution < -0.4 is 5.32 Å². The molecule has 0 spiro atoms. The number of anilines is 1. The minimum atomic E-state index is -0.599. The molecule has 0 saturated carbocycles. The fourth-order valence-electron chi connectivity index (χ4n) is 1.81. The van der Waals surface area contributed by atoms with Gasteiger partial charge in [-0.25, -0.2) is 14.5 Å². The normalized spacial score (nSPS) is 10.6. The fraction of sp³-hybridized carbons (Fsp3) is 0.154. The van der Waals surface area contributed by atoms with Crippen LogP contribution in [0.2, 0.25) is 0 Å². The largest absolute Gasteiger partial charge is 0.464 e. The Kier molecular flexibility index (Phi) is 3.79. The molecule has 22 heavy (non-hydrogen) atoms. The average molecular weight is 317 g/mol. The molecule has 112 valence electrons. The molecule has 1 N–H and O–H groups in total. The molecule has 0 unspecified atom stereocenters. The van der Waals surface area contributed by atoms with Crippen LogP contribution in [0.3, 0.4) is 0 Å². The van der Waals surface area contributed by atoms with Gasteiger partial charge in [-0.1, -0.05) is 28.7 Å². The van der Waals surface area contributed by atoms with Crippen molar-refractivity contribution < 1.29 is 14.3 Å². The second kappa shape index (κ2) is 5.90. The van der Waals surface area contributed by atoms with Gasteiger partial charge in [0.1, 0.15) is 6.54 Å². The Hall–Kier alpha value is -2.81. The number of benzene rings is 1. The Morgan fingerprint density at radius 1 is 1.36 bits per heavy atom. The van der Waals surface area contributed by atoms with Crippen LogP contribution in [0.4, 0.5) is 5.13 Å². The molecule has 2 aromatic heterocycles. The number of ether oxygens (including phenoxy) is 1. The zero-order valence-electron chi connectivity index (χ0n) is 11.5. The first-order chi connectivity index (χ1) is 10.7. The Balaban J connectivity index is 1.67. The predicted octanol–water partition coefficient (Wildman–Crippen LogP) is 1.31.